The number of nitrogens with one attached hydrogen (secondary N) is 1. The summed E-state index contributed by atoms with van der Waals surface area (Å²) >= 11 is 13.4. The van der Waals surface area contributed by atoms with E-state index in [1.807, 2.05) is 17.5 Å². The van der Waals surface area contributed by atoms with Gasteiger partial charge in [0.2, 0.25) is 5.89 Å². The van der Waals surface area contributed by atoms with Gasteiger partial charge >= 0.3 is 6.03 Å². The zero-order chi connectivity index (χ0) is 19.2. The Morgan fingerprint density at radius 2 is 2.15 bits per heavy atom. The van der Waals surface area contributed by atoms with Gasteiger partial charge in [-0.15, -0.1) is 21.5 Å². The Balaban J connectivity index is 1.70. The predicted molar refractivity (Wildman–Crippen MR) is 105 cm³/mol. The SMILES string of the molecule is COCCN(Cc1nnc(-c2cccs2)o1)C(=O)Nc1ccc(Cl)c(Cl)c1. The number of hydrogen-bond acceptors (Lipinski definition) is 6. The highest BCUT2D eigenvalue weighted by Gasteiger charge is 2.18. The minimum atomic E-state index is -0.346. The van der Waals surface area contributed by atoms with Crippen LogP contribution in [-0.2, 0) is 11.3 Å². The van der Waals surface area contributed by atoms with Crippen molar-refractivity contribution in [3.05, 3.63) is 51.6 Å². The Morgan fingerprint density at radius 1 is 1.30 bits per heavy atom. The fraction of sp³-hybridized carbons (Fsp3) is 0.235. The number of halogens is 2. The van der Waals surface area contributed by atoms with E-state index < -0.39 is 0 Å². The van der Waals surface area contributed by atoms with Crippen molar-refractivity contribution < 1.29 is 13.9 Å². The van der Waals surface area contributed by atoms with E-state index in [4.69, 9.17) is 32.4 Å². The fourth-order valence-corrected chi connectivity index (χ4v) is 3.15. The Bertz CT molecular complexity index is 901. The zero-order valence-corrected chi connectivity index (χ0v) is 16.6. The number of carbonyl (C=O) groups excluding carboxylic acids is 1. The van der Waals surface area contributed by atoms with Crippen molar-refractivity contribution in [2.45, 2.75) is 6.54 Å². The maximum Gasteiger partial charge on any atom is 0.322 e. The van der Waals surface area contributed by atoms with E-state index in [-0.39, 0.29) is 12.6 Å². The van der Waals surface area contributed by atoms with E-state index in [1.54, 1.807) is 25.3 Å². The molecule has 3 aromatic rings. The third kappa shape index (κ3) is 5.20. The number of amides is 2. The van der Waals surface area contributed by atoms with Gasteiger partial charge in [-0.3, -0.25) is 0 Å². The van der Waals surface area contributed by atoms with Crippen LogP contribution in [0.15, 0.2) is 40.1 Å². The minimum absolute atomic E-state index is 0.148. The number of urea groups is 1. The molecule has 0 radical (unpaired) electrons. The van der Waals surface area contributed by atoms with E-state index in [0.29, 0.717) is 40.7 Å². The summed E-state index contributed by atoms with van der Waals surface area (Å²) in [5.41, 5.74) is 0.529. The monoisotopic (exact) mass is 426 g/mol. The Kier molecular flexibility index (Phi) is 6.68. The number of benzene rings is 1. The number of anilines is 1. The second kappa shape index (κ2) is 9.18. The van der Waals surface area contributed by atoms with Crippen LogP contribution in [0, 0.1) is 0 Å². The van der Waals surface area contributed by atoms with E-state index in [0.717, 1.165) is 4.88 Å². The van der Waals surface area contributed by atoms with Gasteiger partial charge in [-0.2, -0.15) is 0 Å². The first-order chi connectivity index (χ1) is 13.1. The number of rotatable bonds is 7. The molecule has 0 aliphatic rings. The Labute approximate surface area is 169 Å². The van der Waals surface area contributed by atoms with Gasteiger partial charge in [0.25, 0.3) is 5.89 Å². The zero-order valence-electron chi connectivity index (χ0n) is 14.3. The van der Waals surface area contributed by atoms with E-state index in [9.17, 15) is 4.79 Å². The number of aromatic nitrogens is 2. The molecule has 0 saturated carbocycles. The number of methoxy groups -OCH3 is 1. The van der Waals surface area contributed by atoms with Crippen LogP contribution in [0.25, 0.3) is 10.8 Å². The molecule has 1 aromatic carbocycles. The van der Waals surface area contributed by atoms with Crippen LogP contribution in [0.2, 0.25) is 10.0 Å². The van der Waals surface area contributed by atoms with Gasteiger partial charge in [-0.1, -0.05) is 29.3 Å². The van der Waals surface area contributed by atoms with Gasteiger partial charge < -0.3 is 19.4 Å². The molecule has 1 N–H and O–H groups in total. The lowest BCUT2D eigenvalue weighted by atomic mass is 10.3. The lowest BCUT2D eigenvalue weighted by Crippen LogP contribution is -2.37. The normalized spacial score (nSPS) is 10.8. The van der Waals surface area contributed by atoms with Crippen LogP contribution in [0.3, 0.4) is 0 Å². The summed E-state index contributed by atoms with van der Waals surface area (Å²) in [6.07, 6.45) is 0. The van der Waals surface area contributed by atoms with Gasteiger partial charge in [0.15, 0.2) is 0 Å². The molecule has 0 saturated heterocycles. The third-order valence-electron chi connectivity index (χ3n) is 3.55. The minimum Gasteiger partial charge on any atom is -0.418 e. The summed E-state index contributed by atoms with van der Waals surface area (Å²) in [6.45, 7) is 0.857. The molecule has 0 bridgehead atoms. The Morgan fingerprint density at radius 3 is 2.85 bits per heavy atom. The first-order valence-corrected chi connectivity index (χ1v) is 9.56. The van der Waals surface area contributed by atoms with E-state index >= 15 is 0 Å². The summed E-state index contributed by atoms with van der Waals surface area (Å²) < 4.78 is 10.7. The van der Waals surface area contributed by atoms with Crippen LogP contribution in [-0.4, -0.2) is 41.4 Å². The van der Waals surface area contributed by atoms with Gasteiger partial charge in [0, 0.05) is 19.3 Å². The highest BCUT2D eigenvalue weighted by molar-refractivity contribution is 7.13. The smallest absolute Gasteiger partial charge is 0.322 e. The summed E-state index contributed by atoms with van der Waals surface area (Å²) in [6, 6.07) is 8.31. The molecule has 2 aromatic heterocycles. The second-order valence-corrected chi connectivity index (χ2v) is 7.21. The van der Waals surface area contributed by atoms with Crippen LogP contribution < -0.4 is 5.32 Å². The molecule has 142 valence electrons. The third-order valence-corrected chi connectivity index (χ3v) is 5.15. The van der Waals surface area contributed by atoms with Crippen molar-refractivity contribution in [1.82, 2.24) is 15.1 Å². The lowest BCUT2D eigenvalue weighted by molar-refractivity contribution is 0.148. The second-order valence-electron chi connectivity index (χ2n) is 5.45. The van der Waals surface area contributed by atoms with Crippen LogP contribution in [0.5, 0.6) is 0 Å². The van der Waals surface area contributed by atoms with Crippen molar-refractivity contribution in [2.75, 3.05) is 25.6 Å². The highest BCUT2D eigenvalue weighted by Crippen LogP contribution is 2.26. The number of carbonyl (C=O) groups is 1. The molecule has 0 spiro atoms. The molecule has 0 fully saturated rings. The van der Waals surface area contributed by atoms with E-state index in [1.165, 1.54) is 16.2 Å². The van der Waals surface area contributed by atoms with Crippen molar-refractivity contribution in [3.63, 3.8) is 0 Å². The molecule has 0 aliphatic heterocycles. The first-order valence-electron chi connectivity index (χ1n) is 7.93. The molecule has 27 heavy (non-hydrogen) atoms. The number of ether oxygens (including phenoxy) is 1. The summed E-state index contributed by atoms with van der Waals surface area (Å²) in [5.74, 6) is 0.760. The molecular weight excluding hydrogens is 411 g/mol. The van der Waals surface area contributed by atoms with Crippen LogP contribution >= 0.6 is 34.5 Å². The van der Waals surface area contributed by atoms with Crippen LogP contribution in [0.4, 0.5) is 10.5 Å². The first kappa shape index (κ1) is 19.6. The molecule has 7 nitrogen and oxygen atoms in total. The lowest BCUT2D eigenvalue weighted by Gasteiger charge is -2.21. The average molecular weight is 427 g/mol. The van der Waals surface area contributed by atoms with Crippen molar-refractivity contribution >= 4 is 46.3 Å². The predicted octanol–water partition coefficient (Wildman–Crippen LogP) is 4.79. The standard InChI is InChI=1S/C17H16Cl2N4O3S/c1-25-7-6-23(17(24)20-11-4-5-12(18)13(19)9-11)10-15-21-22-16(26-15)14-3-2-8-27-14/h2-5,8-9H,6-7,10H2,1H3,(H,20,24). The summed E-state index contributed by atoms with van der Waals surface area (Å²) in [5, 5.41) is 13.5. The van der Waals surface area contributed by atoms with Gasteiger partial charge in [0.05, 0.1) is 21.5 Å². The molecule has 2 heterocycles. The Hall–Kier alpha value is -2.13. The van der Waals surface area contributed by atoms with E-state index in [2.05, 4.69) is 15.5 Å². The molecule has 2 amide bonds. The number of hydrogen-bond donors (Lipinski definition) is 1. The molecule has 0 atom stereocenters. The van der Waals surface area contributed by atoms with Crippen molar-refractivity contribution in [3.8, 4) is 10.8 Å². The fourth-order valence-electron chi connectivity index (χ4n) is 2.21. The molecule has 3 rings (SSSR count). The quantitative estimate of drug-likeness (QED) is 0.587. The molecular formula is C17H16Cl2N4O3S. The largest absolute Gasteiger partial charge is 0.418 e. The summed E-state index contributed by atoms with van der Waals surface area (Å²) in [4.78, 5) is 15.0. The number of nitrogens with zero attached hydrogens (tertiary/aromatic N) is 3. The van der Waals surface area contributed by atoms with Crippen LogP contribution in [0.1, 0.15) is 5.89 Å². The summed E-state index contributed by atoms with van der Waals surface area (Å²) in [7, 11) is 1.57. The maximum absolute atomic E-state index is 12.6. The van der Waals surface area contributed by atoms with Gasteiger partial charge in [-0.05, 0) is 29.6 Å². The van der Waals surface area contributed by atoms with Crippen molar-refractivity contribution in [2.24, 2.45) is 0 Å². The van der Waals surface area contributed by atoms with Gasteiger partial charge in [0.1, 0.15) is 6.54 Å². The van der Waals surface area contributed by atoms with Gasteiger partial charge in [-0.25, -0.2) is 4.79 Å². The molecule has 0 aliphatic carbocycles. The maximum atomic E-state index is 12.6. The average Bonchev–Trinajstić information content (AvgIpc) is 3.33. The highest BCUT2D eigenvalue weighted by atomic mass is 35.5. The molecule has 0 unspecified atom stereocenters. The molecule has 10 heteroatoms. The topological polar surface area (TPSA) is 80.5 Å². The van der Waals surface area contributed by atoms with Crippen molar-refractivity contribution in [1.29, 1.82) is 0 Å². The number of thiophene rings is 1.